The number of nitrogens with zero attached hydrogens (tertiary/aromatic N) is 2. The standard InChI is InChI=1S/C26H36N2O2S/c1-26(24-12-5-3-6-13-24,17-19-28-18-16-22-10-9-11-23(22)20-28)21-27(2)31(29,30)25-14-7-4-8-15-25/h3-8,12-15,22-23H,9-11,16-21H2,1-2H3/t22?,23-,26-/m1/s1. The largest absolute Gasteiger partial charge is 0.303 e. The van der Waals surface area contributed by atoms with Gasteiger partial charge < -0.3 is 4.90 Å². The molecule has 5 heteroatoms. The van der Waals surface area contributed by atoms with Gasteiger partial charge in [0.15, 0.2) is 0 Å². The lowest BCUT2D eigenvalue weighted by Gasteiger charge is -2.39. The highest BCUT2D eigenvalue weighted by Gasteiger charge is 2.36. The van der Waals surface area contributed by atoms with Gasteiger partial charge in [0, 0.05) is 25.6 Å². The van der Waals surface area contributed by atoms with Crippen molar-refractivity contribution in [3.8, 4) is 0 Å². The maximum absolute atomic E-state index is 13.2. The van der Waals surface area contributed by atoms with Crippen molar-refractivity contribution >= 4 is 10.0 Å². The van der Waals surface area contributed by atoms with Crippen LogP contribution in [0.15, 0.2) is 65.6 Å². The molecule has 1 aliphatic carbocycles. The summed E-state index contributed by atoms with van der Waals surface area (Å²) in [6, 6.07) is 19.2. The van der Waals surface area contributed by atoms with Crippen molar-refractivity contribution in [1.29, 1.82) is 0 Å². The van der Waals surface area contributed by atoms with E-state index >= 15 is 0 Å². The molecule has 0 spiro atoms. The van der Waals surface area contributed by atoms with E-state index in [1.165, 1.54) is 44.3 Å². The van der Waals surface area contributed by atoms with E-state index in [0.29, 0.717) is 11.4 Å². The Morgan fingerprint density at radius 3 is 2.32 bits per heavy atom. The van der Waals surface area contributed by atoms with Crippen molar-refractivity contribution in [2.75, 3.05) is 33.2 Å². The van der Waals surface area contributed by atoms with Crippen molar-refractivity contribution < 1.29 is 8.42 Å². The molecule has 0 N–H and O–H groups in total. The van der Waals surface area contributed by atoms with Crippen LogP contribution in [0.2, 0.25) is 0 Å². The first-order valence-corrected chi connectivity index (χ1v) is 13.1. The van der Waals surface area contributed by atoms with Gasteiger partial charge in [-0.15, -0.1) is 0 Å². The fraction of sp³-hybridized carbons (Fsp3) is 0.538. The average Bonchev–Trinajstić information content (AvgIpc) is 3.27. The molecule has 2 fully saturated rings. The number of benzene rings is 2. The Kier molecular flexibility index (Phi) is 6.85. The third-order valence-electron chi connectivity index (χ3n) is 7.60. The van der Waals surface area contributed by atoms with E-state index in [0.717, 1.165) is 24.8 Å². The Morgan fingerprint density at radius 1 is 0.968 bits per heavy atom. The number of piperidine rings is 1. The Bertz CT molecular complexity index is 948. The summed E-state index contributed by atoms with van der Waals surface area (Å²) < 4.78 is 27.9. The molecule has 1 saturated heterocycles. The van der Waals surface area contributed by atoms with Crippen LogP contribution in [0, 0.1) is 11.8 Å². The zero-order chi connectivity index (χ0) is 21.9. The normalized spacial score (nSPS) is 24.1. The van der Waals surface area contributed by atoms with Crippen LogP contribution in [0.1, 0.15) is 44.6 Å². The fourth-order valence-electron chi connectivity index (χ4n) is 5.62. The lowest BCUT2D eigenvalue weighted by Crippen LogP contribution is -2.44. The first-order valence-electron chi connectivity index (χ1n) is 11.7. The molecular weight excluding hydrogens is 404 g/mol. The highest BCUT2D eigenvalue weighted by Crippen LogP contribution is 2.38. The minimum absolute atomic E-state index is 0.246. The third-order valence-corrected chi connectivity index (χ3v) is 9.42. The predicted molar refractivity (Wildman–Crippen MR) is 127 cm³/mol. The van der Waals surface area contributed by atoms with Gasteiger partial charge in [-0.3, -0.25) is 0 Å². The van der Waals surface area contributed by atoms with Crippen molar-refractivity contribution in [2.24, 2.45) is 11.8 Å². The predicted octanol–water partition coefficient (Wildman–Crippen LogP) is 4.78. The molecule has 2 aromatic rings. The molecule has 2 aromatic carbocycles. The van der Waals surface area contributed by atoms with Crippen molar-refractivity contribution in [3.63, 3.8) is 0 Å². The molecule has 0 radical (unpaired) electrons. The van der Waals surface area contributed by atoms with Crippen LogP contribution < -0.4 is 0 Å². The van der Waals surface area contributed by atoms with Crippen LogP contribution in [0.3, 0.4) is 0 Å². The van der Waals surface area contributed by atoms with Crippen molar-refractivity contribution in [1.82, 2.24) is 9.21 Å². The second-order valence-electron chi connectivity index (χ2n) is 9.79. The molecular formula is C26H36N2O2S. The monoisotopic (exact) mass is 440 g/mol. The topological polar surface area (TPSA) is 40.6 Å². The van der Waals surface area contributed by atoms with Gasteiger partial charge in [-0.25, -0.2) is 12.7 Å². The highest BCUT2D eigenvalue weighted by molar-refractivity contribution is 7.89. The van der Waals surface area contributed by atoms with Crippen molar-refractivity contribution in [3.05, 3.63) is 66.2 Å². The fourth-order valence-corrected chi connectivity index (χ4v) is 6.93. The summed E-state index contributed by atoms with van der Waals surface area (Å²) in [6.07, 6.45) is 6.47. The second kappa shape index (κ2) is 9.43. The summed E-state index contributed by atoms with van der Waals surface area (Å²) in [7, 11) is -1.80. The number of hydrogen-bond donors (Lipinski definition) is 0. The van der Waals surface area contributed by atoms with Crippen LogP contribution in [-0.2, 0) is 15.4 Å². The number of likely N-dealkylation sites (N-methyl/N-ethyl adjacent to an activating group) is 1. The van der Waals surface area contributed by atoms with E-state index < -0.39 is 10.0 Å². The molecule has 3 atom stereocenters. The summed E-state index contributed by atoms with van der Waals surface area (Å²) >= 11 is 0. The first-order chi connectivity index (χ1) is 14.9. The van der Waals surface area contributed by atoms with Gasteiger partial charge >= 0.3 is 0 Å². The van der Waals surface area contributed by atoms with Gasteiger partial charge in [0.25, 0.3) is 0 Å². The lowest BCUT2D eigenvalue weighted by atomic mass is 9.78. The molecule has 0 bridgehead atoms. The molecule has 1 saturated carbocycles. The zero-order valence-electron chi connectivity index (χ0n) is 18.9. The minimum Gasteiger partial charge on any atom is -0.303 e. The summed E-state index contributed by atoms with van der Waals surface area (Å²) in [6.45, 7) is 6.11. The molecule has 4 rings (SSSR count). The summed E-state index contributed by atoms with van der Waals surface area (Å²) in [5, 5.41) is 0. The third kappa shape index (κ3) is 5.05. The number of hydrogen-bond acceptors (Lipinski definition) is 3. The van der Waals surface area contributed by atoms with Gasteiger partial charge in [0.1, 0.15) is 0 Å². The molecule has 4 nitrogen and oxygen atoms in total. The van der Waals surface area contributed by atoms with Crippen LogP contribution in [0.5, 0.6) is 0 Å². The molecule has 0 aromatic heterocycles. The van der Waals surface area contributed by atoms with Crippen LogP contribution in [0.4, 0.5) is 0 Å². The Balaban J connectivity index is 1.50. The number of fused-ring (bicyclic) bond motifs is 1. The molecule has 1 unspecified atom stereocenters. The highest BCUT2D eigenvalue weighted by atomic mass is 32.2. The molecule has 168 valence electrons. The van der Waals surface area contributed by atoms with Gasteiger partial charge in [0.05, 0.1) is 4.90 Å². The van der Waals surface area contributed by atoms with Crippen LogP contribution in [-0.4, -0.2) is 50.8 Å². The Morgan fingerprint density at radius 2 is 1.61 bits per heavy atom. The maximum atomic E-state index is 13.2. The van der Waals surface area contributed by atoms with Gasteiger partial charge in [0.2, 0.25) is 10.0 Å². The van der Waals surface area contributed by atoms with E-state index in [4.69, 9.17) is 0 Å². The average molecular weight is 441 g/mol. The van der Waals surface area contributed by atoms with E-state index in [1.54, 1.807) is 35.6 Å². The van der Waals surface area contributed by atoms with Gasteiger partial charge in [-0.05, 0) is 61.9 Å². The summed E-state index contributed by atoms with van der Waals surface area (Å²) in [5.41, 5.74) is 0.963. The van der Waals surface area contributed by atoms with E-state index in [-0.39, 0.29) is 5.41 Å². The van der Waals surface area contributed by atoms with E-state index in [1.807, 2.05) is 12.1 Å². The summed E-state index contributed by atoms with van der Waals surface area (Å²) in [5.74, 6) is 1.82. The van der Waals surface area contributed by atoms with Crippen molar-refractivity contribution in [2.45, 2.75) is 49.3 Å². The zero-order valence-corrected chi connectivity index (χ0v) is 19.7. The number of likely N-dealkylation sites (tertiary alicyclic amines) is 1. The lowest BCUT2D eigenvalue weighted by molar-refractivity contribution is 0.127. The molecule has 1 heterocycles. The van der Waals surface area contributed by atoms with Crippen LogP contribution in [0.25, 0.3) is 0 Å². The smallest absolute Gasteiger partial charge is 0.242 e. The number of sulfonamides is 1. The Hall–Kier alpha value is -1.69. The SMILES string of the molecule is CN(C[C@@](C)(CCN1CCC2CCC[C@@H]2C1)c1ccccc1)S(=O)(=O)c1ccccc1. The molecule has 1 aliphatic heterocycles. The second-order valence-corrected chi connectivity index (χ2v) is 11.8. The maximum Gasteiger partial charge on any atom is 0.242 e. The molecule has 0 amide bonds. The first kappa shape index (κ1) is 22.5. The van der Waals surface area contributed by atoms with E-state index in [9.17, 15) is 8.42 Å². The van der Waals surface area contributed by atoms with Gasteiger partial charge in [-0.1, -0.05) is 68.3 Å². The summed E-state index contributed by atoms with van der Waals surface area (Å²) in [4.78, 5) is 2.98. The van der Waals surface area contributed by atoms with Crippen LogP contribution >= 0.6 is 0 Å². The number of rotatable bonds is 8. The Labute approximate surface area is 188 Å². The quantitative estimate of drug-likeness (QED) is 0.593. The molecule has 2 aliphatic rings. The molecule has 31 heavy (non-hydrogen) atoms. The van der Waals surface area contributed by atoms with E-state index in [2.05, 4.69) is 36.1 Å². The minimum atomic E-state index is -3.52. The van der Waals surface area contributed by atoms with Gasteiger partial charge in [-0.2, -0.15) is 0 Å².